The van der Waals surface area contributed by atoms with Gasteiger partial charge in [-0.05, 0) is 18.3 Å². The van der Waals surface area contributed by atoms with E-state index < -0.39 is 0 Å². The lowest BCUT2D eigenvalue weighted by Crippen LogP contribution is -2.32. The Balaban J connectivity index is 3.42. The number of nitrogens with zero attached hydrogens (tertiary/aromatic N) is 1. The van der Waals surface area contributed by atoms with E-state index in [0.717, 1.165) is 24.3 Å². The van der Waals surface area contributed by atoms with Crippen molar-refractivity contribution in [3.63, 3.8) is 0 Å². The van der Waals surface area contributed by atoms with Gasteiger partial charge in [0.05, 0.1) is 0 Å². The van der Waals surface area contributed by atoms with E-state index in [0.29, 0.717) is 11.8 Å². The Morgan fingerprint density at radius 1 is 1.31 bits per heavy atom. The summed E-state index contributed by atoms with van der Waals surface area (Å²) in [5.41, 5.74) is 0.373. The van der Waals surface area contributed by atoms with Gasteiger partial charge >= 0.3 is 0 Å². The lowest BCUT2D eigenvalue weighted by molar-refractivity contribution is -0.130. The van der Waals surface area contributed by atoms with E-state index in [1.807, 2.05) is 0 Å². The van der Waals surface area contributed by atoms with Crippen molar-refractivity contribution < 1.29 is 4.79 Å². The van der Waals surface area contributed by atoms with Crippen LogP contribution in [0, 0.1) is 5.41 Å². The summed E-state index contributed by atoms with van der Waals surface area (Å²) in [5.74, 6) is 5.31. The molecule has 0 rings (SSSR count). The Morgan fingerprint density at radius 3 is 2.23 bits per heavy atom. The predicted molar refractivity (Wildman–Crippen MR) is 54.9 cm³/mol. The van der Waals surface area contributed by atoms with Gasteiger partial charge in [0.2, 0.25) is 5.91 Å². The summed E-state index contributed by atoms with van der Waals surface area (Å²) < 4.78 is 0. The first-order valence-electron chi connectivity index (χ1n) is 4.84. The lowest BCUT2D eigenvalue weighted by atomic mass is 9.89. The van der Waals surface area contributed by atoms with Crippen molar-refractivity contribution in [1.82, 2.24) is 5.01 Å². The van der Waals surface area contributed by atoms with Crippen LogP contribution in [-0.2, 0) is 4.79 Å². The van der Waals surface area contributed by atoms with E-state index >= 15 is 0 Å². The first-order chi connectivity index (χ1) is 5.83. The number of carbonyl (C=O) groups is 1. The molecule has 0 aromatic heterocycles. The molecule has 78 valence electrons. The zero-order valence-electron chi connectivity index (χ0n) is 9.26. The third-order valence-corrected chi connectivity index (χ3v) is 1.96. The molecule has 2 N–H and O–H groups in total. The maximum Gasteiger partial charge on any atom is 0.236 e. The SMILES string of the molecule is CN(N)C(=O)CCCCC(C)(C)C. The molecule has 13 heavy (non-hydrogen) atoms. The zero-order valence-corrected chi connectivity index (χ0v) is 9.26. The highest BCUT2D eigenvalue weighted by atomic mass is 16.2. The molecule has 0 radical (unpaired) electrons. The Morgan fingerprint density at radius 2 is 1.85 bits per heavy atom. The third kappa shape index (κ3) is 7.78. The van der Waals surface area contributed by atoms with Gasteiger partial charge < -0.3 is 0 Å². The molecule has 0 aliphatic carbocycles. The molecular formula is C10H22N2O. The molecule has 3 heteroatoms. The van der Waals surface area contributed by atoms with Crippen LogP contribution in [0.1, 0.15) is 46.5 Å². The van der Waals surface area contributed by atoms with Gasteiger partial charge in [-0.15, -0.1) is 0 Å². The van der Waals surface area contributed by atoms with Gasteiger partial charge in [-0.1, -0.05) is 27.2 Å². The molecule has 0 aromatic rings. The second-order valence-electron chi connectivity index (χ2n) is 4.77. The number of carbonyl (C=O) groups excluding carboxylic acids is 1. The van der Waals surface area contributed by atoms with Crippen molar-refractivity contribution in [1.29, 1.82) is 0 Å². The van der Waals surface area contributed by atoms with Crippen LogP contribution < -0.4 is 5.84 Å². The summed E-state index contributed by atoms with van der Waals surface area (Å²) >= 11 is 0. The topological polar surface area (TPSA) is 46.3 Å². The molecule has 0 unspecified atom stereocenters. The number of unbranched alkanes of at least 4 members (excludes halogenated alkanes) is 1. The van der Waals surface area contributed by atoms with Gasteiger partial charge in [0.15, 0.2) is 0 Å². The minimum atomic E-state index is 0.0221. The fraction of sp³-hybridized carbons (Fsp3) is 0.900. The third-order valence-electron chi connectivity index (χ3n) is 1.96. The molecule has 0 aromatic carbocycles. The van der Waals surface area contributed by atoms with Crippen LogP contribution in [-0.4, -0.2) is 18.0 Å². The fourth-order valence-corrected chi connectivity index (χ4v) is 1.11. The number of amides is 1. The molecule has 3 nitrogen and oxygen atoms in total. The minimum absolute atomic E-state index is 0.0221. The Hall–Kier alpha value is -0.570. The van der Waals surface area contributed by atoms with Crippen LogP contribution in [0.25, 0.3) is 0 Å². The van der Waals surface area contributed by atoms with E-state index in [1.165, 1.54) is 0 Å². The Bertz CT molecular complexity index is 159. The highest BCUT2D eigenvalue weighted by Crippen LogP contribution is 2.21. The molecule has 0 spiro atoms. The normalized spacial score (nSPS) is 11.5. The van der Waals surface area contributed by atoms with Crippen molar-refractivity contribution in [2.75, 3.05) is 7.05 Å². The van der Waals surface area contributed by atoms with Crippen molar-refractivity contribution in [3.05, 3.63) is 0 Å². The second kappa shape index (κ2) is 5.22. The molecule has 1 amide bonds. The van der Waals surface area contributed by atoms with Gasteiger partial charge in [0.1, 0.15) is 0 Å². The first-order valence-corrected chi connectivity index (χ1v) is 4.84. The van der Waals surface area contributed by atoms with Crippen molar-refractivity contribution >= 4 is 5.91 Å². The average Bonchev–Trinajstić information content (AvgIpc) is 1.95. The first kappa shape index (κ1) is 12.4. The Labute approximate surface area is 81.3 Å². The molecule has 0 atom stereocenters. The average molecular weight is 186 g/mol. The highest BCUT2D eigenvalue weighted by molar-refractivity contribution is 5.75. The summed E-state index contributed by atoms with van der Waals surface area (Å²) in [4.78, 5) is 11.1. The van der Waals surface area contributed by atoms with Crippen LogP contribution in [0.2, 0.25) is 0 Å². The second-order valence-corrected chi connectivity index (χ2v) is 4.77. The summed E-state index contributed by atoms with van der Waals surface area (Å²) in [5, 5.41) is 1.16. The zero-order chi connectivity index (χ0) is 10.5. The largest absolute Gasteiger partial charge is 0.284 e. The van der Waals surface area contributed by atoms with Gasteiger partial charge in [0.25, 0.3) is 0 Å². The van der Waals surface area contributed by atoms with E-state index in [9.17, 15) is 4.79 Å². The van der Waals surface area contributed by atoms with Gasteiger partial charge in [-0.3, -0.25) is 9.80 Å². The number of hydrogen-bond acceptors (Lipinski definition) is 2. The molecule has 0 bridgehead atoms. The van der Waals surface area contributed by atoms with Gasteiger partial charge in [0, 0.05) is 13.5 Å². The van der Waals surface area contributed by atoms with E-state index in [1.54, 1.807) is 7.05 Å². The lowest BCUT2D eigenvalue weighted by Gasteiger charge is -2.17. The van der Waals surface area contributed by atoms with Crippen LogP contribution >= 0.6 is 0 Å². The van der Waals surface area contributed by atoms with Crippen molar-refractivity contribution in [3.8, 4) is 0 Å². The van der Waals surface area contributed by atoms with Crippen molar-refractivity contribution in [2.45, 2.75) is 46.5 Å². The number of nitrogens with two attached hydrogens (primary N) is 1. The summed E-state index contributed by atoms with van der Waals surface area (Å²) in [7, 11) is 1.59. The maximum absolute atomic E-state index is 11.1. The summed E-state index contributed by atoms with van der Waals surface area (Å²) in [6.07, 6.45) is 3.78. The molecule has 0 aliphatic rings. The molecular weight excluding hydrogens is 164 g/mol. The summed E-state index contributed by atoms with van der Waals surface area (Å²) in [6.45, 7) is 6.64. The van der Waals surface area contributed by atoms with E-state index in [-0.39, 0.29) is 5.91 Å². The van der Waals surface area contributed by atoms with Crippen LogP contribution in [0.15, 0.2) is 0 Å². The minimum Gasteiger partial charge on any atom is -0.284 e. The van der Waals surface area contributed by atoms with Gasteiger partial charge in [-0.25, -0.2) is 5.84 Å². The maximum atomic E-state index is 11.1. The van der Waals surface area contributed by atoms with Crippen LogP contribution in [0.5, 0.6) is 0 Å². The van der Waals surface area contributed by atoms with Crippen LogP contribution in [0.3, 0.4) is 0 Å². The van der Waals surface area contributed by atoms with E-state index in [4.69, 9.17) is 5.84 Å². The Kier molecular flexibility index (Phi) is 4.99. The number of hydrogen-bond donors (Lipinski definition) is 1. The van der Waals surface area contributed by atoms with Crippen molar-refractivity contribution in [2.24, 2.45) is 11.3 Å². The molecule has 0 heterocycles. The highest BCUT2D eigenvalue weighted by Gasteiger charge is 2.10. The fourth-order valence-electron chi connectivity index (χ4n) is 1.11. The quantitative estimate of drug-likeness (QED) is 0.315. The monoisotopic (exact) mass is 186 g/mol. The molecule has 0 fully saturated rings. The smallest absolute Gasteiger partial charge is 0.236 e. The number of rotatable bonds is 4. The standard InChI is InChI=1S/C10H22N2O/c1-10(2,3)8-6-5-7-9(13)12(4)11/h5-8,11H2,1-4H3. The molecule has 0 saturated carbocycles. The molecule has 0 saturated heterocycles. The van der Waals surface area contributed by atoms with E-state index in [2.05, 4.69) is 20.8 Å². The molecule has 0 aliphatic heterocycles. The summed E-state index contributed by atoms with van der Waals surface area (Å²) in [6, 6.07) is 0. The van der Waals surface area contributed by atoms with Crippen LogP contribution in [0.4, 0.5) is 0 Å². The predicted octanol–water partition coefficient (Wildman–Crippen LogP) is 1.92. The number of hydrazine groups is 1. The van der Waals surface area contributed by atoms with Gasteiger partial charge in [-0.2, -0.15) is 0 Å².